The van der Waals surface area contributed by atoms with Crippen LogP contribution in [-0.2, 0) is 5.54 Å². The van der Waals surface area contributed by atoms with Crippen molar-refractivity contribution in [1.29, 1.82) is 0 Å². The SMILES string of the molecule is NCC1(n2cc(C(N)=O)c(Nc3ccnc(F)c3)n2)CCC(Nc2ccccc2F)CC1. The Kier molecular flexibility index (Phi) is 6.04. The average molecular weight is 441 g/mol. The number of benzene rings is 1. The molecule has 1 fully saturated rings. The summed E-state index contributed by atoms with van der Waals surface area (Å²) in [4.78, 5) is 15.5. The molecule has 4 rings (SSSR count). The zero-order valence-electron chi connectivity index (χ0n) is 17.4. The molecule has 0 unspecified atom stereocenters. The second kappa shape index (κ2) is 8.91. The summed E-state index contributed by atoms with van der Waals surface area (Å²) in [6.45, 7) is 0.308. The van der Waals surface area contributed by atoms with Crippen LogP contribution in [-0.4, -0.2) is 33.3 Å². The minimum Gasteiger partial charge on any atom is -0.380 e. The largest absolute Gasteiger partial charge is 0.380 e. The number of carbonyl (C=O) groups excluding carboxylic acids is 1. The molecule has 168 valence electrons. The molecule has 0 radical (unpaired) electrons. The molecule has 3 aromatic rings. The number of amides is 1. The summed E-state index contributed by atoms with van der Waals surface area (Å²) < 4.78 is 29.1. The number of carbonyl (C=O) groups is 1. The van der Waals surface area contributed by atoms with Crippen LogP contribution in [0.25, 0.3) is 0 Å². The van der Waals surface area contributed by atoms with E-state index in [-0.39, 0.29) is 23.2 Å². The maximum Gasteiger partial charge on any atom is 0.254 e. The van der Waals surface area contributed by atoms with E-state index in [4.69, 9.17) is 11.5 Å². The third-order valence-corrected chi connectivity index (χ3v) is 5.98. The third-order valence-electron chi connectivity index (χ3n) is 5.98. The number of primary amides is 1. The van der Waals surface area contributed by atoms with Gasteiger partial charge in [-0.1, -0.05) is 12.1 Å². The number of nitrogens with zero attached hydrogens (tertiary/aromatic N) is 3. The minimum absolute atomic E-state index is 0.0927. The van der Waals surface area contributed by atoms with E-state index in [1.165, 1.54) is 18.3 Å². The number of rotatable bonds is 7. The smallest absolute Gasteiger partial charge is 0.254 e. The first kappa shape index (κ1) is 21.7. The first-order valence-electron chi connectivity index (χ1n) is 10.4. The van der Waals surface area contributed by atoms with E-state index in [1.54, 1.807) is 35.1 Å². The van der Waals surface area contributed by atoms with Crippen LogP contribution in [0.5, 0.6) is 0 Å². The van der Waals surface area contributed by atoms with Crippen LogP contribution in [0.4, 0.5) is 26.0 Å². The number of aromatic nitrogens is 3. The summed E-state index contributed by atoms with van der Waals surface area (Å²) in [5.74, 6) is -1.38. The lowest BCUT2D eigenvalue weighted by molar-refractivity contribution is 0.100. The van der Waals surface area contributed by atoms with E-state index >= 15 is 0 Å². The fourth-order valence-corrected chi connectivity index (χ4v) is 4.13. The lowest BCUT2D eigenvalue weighted by atomic mass is 9.79. The maximum absolute atomic E-state index is 14.0. The number of para-hydroxylation sites is 1. The fraction of sp³-hybridized carbons (Fsp3) is 0.318. The highest BCUT2D eigenvalue weighted by atomic mass is 19.1. The highest BCUT2D eigenvalue weighted by Crippen LogP contribution is 2.36. The summed E-state index contributed by atoms with van der Waals surface area (Å²) >= 11 is 0. The number of pyridine rings is 1. The molecule has 2 aromatic heterocycles. The quantitative estimate of drug-likeness (QED) is 0.418. The minimum atomic E-state index is -0.658. The topological polar surface area (TPSA) is 124 Å². The molecule has 0 spiro atoms. The predicted octanol–water partition coefficient (Wildman–Crippen LogP) is 3.11. The Morgan fingerprint density at radius 2 is 1.97 bits per heavy atom. The van der Waals surface area contributed by atoms with Gasteiger partial charge in [-0.25, -0.2) is 9.37 Å². The summed E-state index contributed by atoms with van der Waals surface area (Å²) in [5, 5.41) is 10.7. The van der Waals surface area contributed by atoms with Gasteiger partial charge in [0, 0.05) is 36.7 Å². The molecule has 1 saturated carbocycles. The monoisotopic (exact) mass is 441 g/mol. The van der Waals surface area contributed by atoms with Gasteiger partial charge in [0.25, 0.3) is 5.91 Å². The number of hydrogen-bond acceptors (Lipinski definition) is 6. The van der Waals surface area contributed by atoms with Crippen molar-refractivity contribution in [3.63, 3.8) is 0 Å². The lowest BCUT2D eigenvalue weighted by Crippen LogP contribution is -2.46. The van der Waals surface area contributed by atoms with Crippen LogP contribution < -0.4 is 22.1 Å². The fourth-order valence-electron chi connectivity index (χ4n) is 4.13. The Bertz CT molecular complexity index is 1110. The van der Waals surface area contributed by atoms with Crippen LogP contribution in [0.2, 0.25) is 0 Å². The van der Waals surface area contributed by atoms with Crippen LogP contribution >= 0.6 is 0 Å². The van der Waals surface area contributed by atoms with Crippen molar-refractivity contribution >= 4 is 23.1 Å². The standard InChI is InChI=1S/C22H25F2N7O/c23-17-3-1-2-4-18(17)28-14-5-8-22(13-25,9-6-14)31-12-16(20(26)32)21(30-31)29-15-7-10-27-19(24)11-15/h1-4,7,10-12,14,28H,5-6,8-9,13,25H2,(H2,26,32)(H,27,29,30). The maximum atomic E-state index is 14.0. The van der Waals surface area contributed by atoms with E-state index < -0.39 is 17.4 Å². The van der Waals surface area contributed by atoms with Crippen molar-refractivity contribution < 1.29 is 13.6 Å². The number of nitrogens with one attached hydrogen (secondary N) is 2. The second-order valence-electron chi connectivity index (χ2n) is 8.02. The molecule has 1 aliphatic carbocycles. The Morgan fingerprint density at radius 1 is 1.22 bits per heavy atom. The molecule has 8 nitrogen and oxygen atoms in total. The molecule has 1 amide bonds. The van der Waals surface area contributed by atoms with Crippen molar-refractivity contribution in [3.05, 3.63) is 66.1 Å². The van der Waals surface area contributed by atoms with E-state index in [1.807, 2.05) is 0 Å². The first-order chi connectivity index (χ1) is 15.4. The van der Waals surface area contributed by atoms with E-state index in [0.29, 0.717) is 30.8 Å². The molecular weight excluding hydrogens is 416 g/mol. The van der Waals surface area contributed by atoms with Crippen molar-refractivity contribution in [1.82, 2.24) is 14.8 Å². The first-order valence-corrected chi connectivity index (χ1v) is 10.4. The molecule has 32 heavy (non-hydrogen) atoms. The zero-order chi connectivity index (χ0) is 22.7. The molecule has 0 bridgehead atoms. The Hall–Kier alpha value is -3.53. The van der Waals surface area contributed by atoms with Crippen LogP contribution in [0.15, 0.2) is 48.8 Å². The molecule has 0 aliphatic heterocycles. The summed E-state index contributed by atoms with van der Waals surface area (Å²) in [5.41, 5.74) is 12.3. The molecule has 6 N–H and O–H groups in total. The average Bonchev–Trinajstić information content (AvgIpc) is 3.21. The summed E-state index contributed by atoms with van der Waals surface area (Å²) in [6.07, 6.45) is 5.74. The Balaban J connectivity index is 1.54. The van der Waals surface area contributed by atoms with Gasteiger partial charge in [-0.15, -0.1) is 0 Å². The van der Waals surface area contributed by atoms with Gasteiger partial charge < -0.3 is 22.1 Å². The van der Waals surface area contributed by atoms with E-state index in [2.05, 4.69) is 20.7 Å². The van der Waals surface area contributed by atoms with Gasteiger partial charge in [0.05, 0.1) is 11.2 Å². The van der Waals surface area contributed by atoms with Crippen LogP contribution in [0, 0.1) is 11.8 Å². The van der Waals surface area contributed by atoms with Crippen molar-refractivity contribution in [2.24, 2.45) is 11.5 Å². The predicted molar refractivity (Wildman–Crippen MR) is 118 cm³/mol. The van der Waals surface area contributed by atoms with Gasteiger partial charge >= 0.3 is 0 Å². The molecule has 2 heterocycles. The third kappa shape index (κ3) is 4.40. The van der Waals surface area contributed by atoms with E-state index in [0.717, 1.165) is 12.8 Å². The van der Waals surface area contributed by atoms with Crippen molar-refractivity contribution in [3.8, 4) is 0 Å². The second-order valence-corrected chi connectivity index (χ2v) is 8.02. The van der Waals surface area contributed by atoms with Gasteiger partial charge in [-0.2, -0.15) is 9.49 Å². The molecule has 0 atom stereocenters. The normalized spacial score (nSPS) is 20.7. The van der Waals surface area contributed by atoms with Crippen LogP contribution in [0.1, 0.15) is 36.0 Å². The molecule has 0 saturated heterocycles. The number of halogens is 2. The molecule has 10 heteroatoms. The summed E-state index contributed by atoms with van der Waals surface area (Å²) in [7, 11) is 0. The molecular formula is C22H25F2N7O. The molecule has 1 aromatic carbocycles. The Morgan fingerprint density at radius 3 is 2.62 bits per heavy atom. The lowest BCUT2D eigenvalue weighted by Gasteiger charge is -2.40. The van der Waals surface area contributed by atoms with Gasteiger partial charge in [-0.05, 0) is 43.9 Å². The number of hydrogen-bond donors (Lipinski definition) is 4. The molecule has 1 aliphatic rings. The number of anilines is 3. The number of nitrogens with two attached hydrogens (primary N) is 2. The van der Waals surface area contributed by atoms with Crippen molar-refractivity contribution in [2.75, 3.05) is 17.2 Å². The van der Waals surface area contributed by atoms with Gasteiger partial charge in [0.2, 0.25) is 5.95 Å². The van der Waals surface area contributed by atoms with Crippen LogP contribution in [0.3, 0.4) is 0 Å². The van der Waals surface area contributed by atoms with Gasteiger partial charge in [0.1, 0.15) is 11.4 Å². The Labute approximate surface area is 184 Å². The summed E-state index contributed by atoms with van der Waals surface area (Å²) in [6, 6.07) is 9.43. The highest BCUT2D eigenvalue weighted by Gasteiger charge is 2.38. The van der Waals surface area contributed by atoms with Gasteiger partial charge in [0.15, 0.2) is 5.82 Å². The van der Waals surface area contributed by atoms with Gasteiger partial charge in [-0.3, -0.25) is 9.48 Å². The van der Waals surface area contributed by atoms with E-state index in [9.17, 15) is 13.6 Å². The highest BCUT2D eigenvalue weighted by molar-refractivity contribution is 5.98. The van der Waals surface area contributed by atoms with Crippen molar-refractivity contribution in [2.45, 2.75) is 37.3 Å². The zero-order valence-corrected chi connectivity index (χ0v) is 17.4.